The van der Waals surface area contributed by atoms with E-state index in [-0.39, 0.29) is 29.1 Å². The van der Waals surface area contributed by atoms with Crippen LogP contribution >= 0.6 is 0 Å². The van der Waals surface area contributed by atoms with Crippen LogP contribution in [0.2, 0.25) is 0 Å². The minimum Gasteiger partial charge on any atom is -0.358 e. The second kappa shape index (κ2) is 22.0. The summed E-state index contributed by atoms with van der Waals surface area (Å²) in [6.07, 6.45) is 21.9. The van der Waals surface area contributed by atoms with Crippen molar-refractivity contribution in [2.75, 3.05) is 9.80 Å². The molecule has 8 bridgehead atoms. The lowest BCUT2D eigenvalue weighted by atomic mass is 9.33. The fourth-order valence-corrected chi connectivity index (χ4v) is 26.9. The lowest BCUT2D eigenvalue weighted by Gasteiger charge is -2.57. The first-order valence-corrected chi connectivity index (χ1v) is 39.6. The lowest BCUT2D eigenvalue weighted by molar-refractivity contribution is -0.272. The molecule has 4 aliphatic heterocycles. The zero-order valence-electron chi connectivity index (χ0n) is 61.0. The summed E-state index contributed by atoms with van der Waals surface area (Å²) in [5, 5.41) is 2.68. The van der Waals surface area contributed by atoms with Gasteiger partial charge in [-0.1, -0.05) is 141 Å². The van der Waals surface area contributed by atoms with Crippen molar-refractivity contribution in [3.8, 4) is 5.69 Å². The van der Waals surface area contributed by atoms with E-state index >= 15 is 0 Å². The van der Waals surface area contributed by atoms with E-state index in [1.54, 1.807) is 22.3 Å². The molecule has 0 saturated heterocycles. The predicted molar refractivity (Wildman–Crippen MR) is 405 cm³/mol. The van der Waals surface area contributed by atoms with Crippen LogP contribution in [0.1, 0.15) is 216 Å². The van der Waals surface area contributed by atoms with Gasteiger partial charge in [-0.3, -0.25) is 0 Å². The molecule has 6 heteroatoms. The number of para-hydroxylation sites is 2. The van der Waals surface area contributed by atoms with Gasteiger partial charge in [0.25, 0.3) is 6.71 Å². The van der Waals surface area contributed by atoms with Crippen molar-refractivity contribution < 1.29 is 9.47 Å². The molecular formula is C91H108BN3O2. The molecule has 1 aromatic heterocycles. The average molecular weight is 1290 g/mol. The highest BCUT2D eigenvalue weighted by atomic mass is 16.5. The molecule has 12 aliphatic rings. The van der Waals surface area contributed by atoms with Gasteiger partial charge in [-0.2, -0.15) is 0 Å². The van der Waals surface area contributed by atoms with Gasteiger partial charge < -0.3 is 23.8 Å². The Bertz CT molecular complexity index is 4430. The first-order chi connectivity index (χ1) is 47.0. The third kappa shape index (κ3) is 8.44. The van der Waals surface area contributed by atoms with Crippen LogP contribution in [0.25, 0.3) is 27.5 Å². The predicted octanol–water partition coefficient (Wildman–Crippen LogP) is 22.1. The number of aryl methyl sites for hydroxylation is 4. The third-order valence-corrected chi connectivity index (χ3v) is 29.6. The number of benzene rings is 7. The van der Waals surface area contributed by atoms with Gasteiger partial charge >= 0.3 is 0 Å². The molecule has 0 amide bonds. The zero-order chi connectivity index (χ0) is 66.2. The SMILES string of the molecule is CC.CCC1CC2CC(C1)C1(C2)OC2(c3cc4c(cc31)B1c3cc5c(cc3N(c3ccccc3)c3cc(-n6c7c(C)cc(C)cc7c7cc(C)cc(C)c76)cc(c31)N4c1ccccc1)C1(OC53C(C)CC4CC(C)CC3C4)C(C)CC3CC(C)CC1C3)C(C)CC1CC(C)CC2C1. The van der Waals surface area contributed by atoms with Crippen molar-refractivity contribution in [3.05, 3.63) is 166 Å². The molecule has 8 fully saturated rings. The first-order valence-electron chi connectivity index (χ1n) is 39.6. The minimum atomic E-state index is -0.363. The normalized spacial score (nSPS) is 36.6. The lowest BCUT2D eigenvalue weighted by Crippen LogP contribution is -2.62. The molecule has 8 aliphatic carbocycles. The van der Waals surface area contributed by atoms with Crippen LogP contribution < -0.4 is 26.2 Å². The highest BCUT2D eigenvalue weighted by Gasteiger charge is 2.70. The van der Waals surface area contributed by atoms with Crippen LogP contribution in [0, 0.1) is 116 Å². The summed E-state index contributed by atoms with van der Waals surface area (Å²) in [7, 11) is 0. The number of anilines is 6. The molecule has 5 nitrogen and oxygen atoms in total. The summed E-state index contributed by atoms with van der Waals surface area (Å²) in [6, 6.07) is 50.1. The molecule has 0 radical (unpaired) electrons. The van der Waals surface area contributed by atoms with Gasteiger partial charge in [0.05, 0.1) is 22.3 Å². The van der Waals surface area contributed by atoms with E-state index < -0.39 is 0 Å². The van der Waals surface area contributed by atoms with Crippen LogP contribution in [0.4, 0.5) is 34.1 Å². The molecular weight excluding hydrogens is 1180 g/mol. The summed E-state index contributed by atoms with van der Waals surface area (Å²) < 4.78 is 20.4. The maximum Gasteiger partial charge on any atom is 0.252 e. The monoisotopic (exact) mass is 1290 g/mol. The van der Waals surface area contributed by atoms with Crippen LogP contribution in [-0.4, -0.2) is 11.3 Å². The Balaban J connectivity index is 0.00000328. The fraction of sp³-hybridized carbons (Fsp3) is 0.538. The van der Waals surface area contributed by atoms with Crippen molar-refractivity contribution in [1.29, 1.82) is 0 Å². The van der Waals surface area contributed by atoms with Crippen LogP contribution in [-0.2, 0) is 31.9 Å². The van der Waals surface area contributed by atoms with E-state index in [1.807, 2.05) is 13.8 Å². The van der Waals surface area contributed by atoms with E-state index in [0.29, 0.717) is 65.1 Å². The largest absolute Gasteiger partial charge is 0.358 e. The number of nitrogens with zero attached hydrogens (tertiary/aromatic N) is 3. The molecule has 8 aromatic rings. The molecule has 4 spiro atoms. The number of hydrogen-bond donors (Lipinski definition) is 0. The smallest absolute Gasteiger partial charge is 0.252 e. The zero-order valence-corrected chi connectivity index (χ0v) is 61.0. The van der Waals surface area contributed by atoms with E-state index in [1.165, 1.54) is 209 Å². The summed E-state index contributed by atoms with van der Waals surface area (Å²) in [5.74, 6) is 9.14. The Morgan fingerprint density at radius 1 is 0.412 bits per heavy atom. The third-order valence-electron chi connectivity index (χ3n) is 29.6. The molecule has 97 heavy (non-hydrogen) atoms. The van der Waals surface area contributed by atoms with E-state index in [4.69, 9.17) is 9.47 Å². The summed E-state index contributed by atoms with van der Waals surface area (Å²) >= 11 is 0. The Labute approximate surface area is 581 Å². The van der Waals surface area contributed by atoms with Gasteiger partial charge in [-0.15, -0.1) is 0 Å². The molecule has 7 aromatic carbocycles. The maximum atomic E-state index is 8.91. The van der Waals surface area contributed by atoms with Crippen LogP contribution in [0.15, 0.2) is 121 Å². The molecule has 8 saturated carbocycles. The van der Waals surface area contributed by atoms with E-state index in [0.717, 1.165) is 23.7 Å². The van der Waals surface area contributed by atoms with Crippen molar-refractivity contribution >= 4 is 79.0 Å². The van der Waals surface area contributed by atoms with Gasteiger partial charge in [0.1, 0.15) is 16.8 Å². The Morgan fingerprint density at radius 2 is 0.845 bits per heavy atom. The molecule has 5 heterocycles. The van der Waals surface area contributed by atoms with Crippen molar-refractivity contribution in [3.63, 3.8) is 0 Å². The van der Waals surface area contributed by atoms with Crippen molar-refractivity contribution in [2.45, 2.75) is 222 Å². The maximum absolute atomic E-state index is 8.91. The summed E-state index contributed by atoms with van der Waals surface area (Å²) in [6.45, 7) is 31.5. The second-order valence-corrected chi connectivity index (χ2v) is 35.6. The van der Waals surface area contributed by atoms with Crippen LogP contribution in [0.5, 0.6) is 0 Å². The van der Waals surface area contributed by atoms with Gasteiger partial charge in [0.15, 0.2) is 0 Å². The highest BCUT2D eigenvalue weighted by molar-refractivity contribution is 7.00. The van der Waals surface area contributed by atoms with Gasteiger partial charge in [0.2, 0.25) is 0 Å². The highest BCUT2D eigenvalue weighted by Crippen LogP contribution is 2.73. The minimum absolute atomic E-state index is 0.0597. The average Bonchev–Trinajstić information content (AvgIpc) is 1.56. The molecule has 0 N–H and O–H groups in total. The standard InChI is InChI=1S/C89H102BN3O2.C2H6/c1-12-59-36-63-41-64(37-59)86(48-63)73-44-77-79(46-75(73)87(94-86)56(9)33-60-25-51(4)28-65(87)38-60)91(68-19-15-13-16-20-68)81-42-70(93-84-54(7)23-49(2)31-71(84)72-32-50(3)24-55(8)85(72)93)43-82-83(81)90(77)78-45-74-76(47-80(78)92(82)69-21-17-14-18-22-69)89(58(11)35-62-27-53(6)30-67(89)40-62)95-88(74)57(10)34-61-26-52(5)29-66(88)39-61;1-2/h13-24,31-32,42-47,51-53,56-67H,12,25-30,33-41,48H2,1-11H3;1-2H3. The number of hydrogen-bond acceptors (Lipinski definition) is 4. The Kier molecular flexibility index (Phi) is 14.0. The summed E-state index contributed by atoms with van der Waals surface area (Å²) in [4.78, 5) is 5.60. The van der Waals surface area contributed by atoms with Gasteiger partial charge in [-0.25, -0.2) is 0 Å². The van der Waals surface area contributed by atoms with Crippen molar-refractivity contribution in [2.24, 2.45) is 88.8 Å². The number of ether oxygens (including phenoxy) is 2. The summed E-state index contributed by atoms with van der Waals surface area (Å²) in [5.41, 5.74) is 26.2. The molecule has 502 valence electrons. The number of aromatic nitrogens is 1. The first kappa shape index (κ1) is 62.0. The molecule has 19 atom stereocenters. The quantitative estimate of drug-likeness (QED) is 0.164. The van der Waals surface area contributed by atoms with E-state index in [9.17, 15) is 0 Å². The Hall–Kier alpha value is -6.08. The fourth-order valence-electron chi connectivity index (χ4n) is 26.9. The number of rotatable bonds is 4. The Morgan fingerprint density at radius 3 is 1.32 bits per heavy atom. The number of fused-ring (bicyclic) bond motifs is 25. The van der Waals surface area contributed by atoms with Crippen molar-refractivity contribution in [1.82, 2.24) is 4.57 Å². The van der Waals surface area contributed by atoms with Gasteiger partial charge in [-0.05, 0) is 330 Å². The molecule has 20 rings (SSSR count). The van der Waals surface area contributed by atoms with E-state index in [2.05, 4.69) is 212 Å². The molecule has 19 unspecified atom stereocenters. The van der Waals surface area contributed by atoms with Gasteiger partial charge in [0, 0.05) is 44.9 Å². The second-order valence-electron chi connectivity index (χ2n) is 35.6. The topological polar surface area (TPSA) is 29.9 Å². The van der Waals surface area contributed by atoms with Crippen LogP contribution in [0.3, 0.4) is 0 Å².